The molecule has 0 bridgehead atoms. The van der Waals surface area contributed by atoms with E-state index in [0.717, 1.165) is 0 Å². The minimum Gasteiger partial charge on any atom is -0.469 e. The third kappa shape index (κ3) is 7.12. The molecule has 1 rings (SSSR count). The van der Waals surface area contributed by atoms with Gasteiger partial charge >= 0.3 is 5.97 Å². The van der Waals surface area contributed by atoms with Crippen LogP contribution in [0.5, 0.6) is 0 Å². The summed E-state index contributed by atoms with van der Waals surface area (Å²) in [4.78, 5) is 25.1. The van der Waals surface area contributed by atoms with E-state index in [4.69, 9.17) is 9.47 Å². The number of carbonyl (C=O) groups is 2. The maximum Gasteiger partial charge on any atom is 0.308 e. The molecule has 0 aliphatic carbocycles. The first kappa shape index (κ1) is 30.8. The average molecular weight is 485 g/mol. The number of aliphatic hydroxyl groups is 2. The van der Waals surface area contributed by atoms with Gasteiger partial charge in [-0.2, -0.15) is 0 Å². The number of allylic oxidation sites excluding steroid dienone is 1. The zero-order valence-electron chi connectivity index (χ0n) is 23.0. The van der Waals surface area contributed by atoms with Crippen LogP contribution in [0.1, 0.15) is 75.2 Å². The second-order valence-corrected chi connectivity index (χ2v) is 11.3. The average Bonchev–Trinajstić information content (AvgIpc) is 3.44. The van der Waals surface area contributed by atoms with Gasteiger partial charge in [0.25, 0.3) is 0 Å². The van der Waals surface area contributed by atoms with Crippen LogP contribution in [-0.4, -0.2) is 66.2 Å². The third-order valence-electron chi connectivity index (χ3n) is 7.55. The number of Topliss-reactive ketones (excluding diaryl/α,β-unsaturated/α-hetero) is 1. The van der Waals surface area contributed by atoms with Gasteiger partial charge in [-0.15, -0.1) is 0 Å². The van der Waals surface area contributed by atoms with Gasteiger partial charge < -0.3 is 24.4 Å². The molecule has 0 radical (unpaired) electrons. The fraction of sp³-hybridized carbons (Fsp3) is 0.852. The Kier molecular flexibility index (Phi) is 11.0. The quantitative estimate of drug-likeness (QED) is 0.218. The first-order valence-electron chi connectivity index (χ1n) is 12.4. The Morgan fingerprint density at radius 2 is 1.68 bits per heavy atom. The number of ketones is 1. The smallest absolute Gasteiger partial charge is 0.308 e. The van der Waals surface area contributed by atoms with Gasteiger partial charge in [0.15, 0.2) is 0 Å². The fourth-order valence-corrected chi connectivity index (χ4v) is 5.66. The summed E-state index contributed by atoms with van der Waals surface area (Å²) >= 11 is 0. The van der Waals surface area contributed by atoms with Crippen LogP contribution in [0.15, 0.2) is 11.6 Å². The Hall–Kier alpha value is -1.28. The zero-order valence-corrected chi connectivity index (χ0v) is 23.0. The number of carbonyl (C=O) groups excluding carboxylic acids is 2. The highest BCUT2D eigenvalue weighted by Gasteiger charge is 2.60. The first-order chi connectivity index (χ1) is 15.5. The number of methoxy groups -OCH3 is 2. The van der Waals surface area contributed by atoms with E-state index in [1.54, 1.807) is 6.92 Å². The molecule has 9 atom stereocenters. The second-order valence-electron chi connectivity index (χ2n) is 11.3. The van der Waals surface area contributed by atoms with Gasteiger partial charge in [0.2, 0.25) is 0 Å². The van der Waals surface area contributed by atoms with Crippen LogP contribution >= 0.6 is 0 Å². The van der Waals surface area contributed by atoms with Gasteiger partial charge in [0.1, 0.15) is 11.4 Å². The highest BCUT2D eigenvalue weighted by Crippen LogP contribution is 2.47. The number of hydrogen-bond donors (Lipinski definition) is 2. The summed E-state index contributed by atoms with van der Waals surface area (Å²) in [5, 5.41) is 21.6. The molecule has 7 nitrogen and oxygen atoms in total. The molecule has 1 aliphatic rings. The summed E-state index contributed by atoms with van der Waals surface area (Å²) in [7, 11) is 2.78. The molecule has 7 heteroatoms. The zero-order chi connectivity index (χ0) is 26.6. The van der Waals surface area contributed by atoms with Gasteiger partial charge in [0.05, 0.1) is 43.4 Å². The van der Waals surface area contributed by atoms with Crippen molar-refractivity contribution in [3.8, 4) is 0 Å². The van der Waals surface area contributed by atoms with E-state index in [0.29, 0.717) is 6.42 Å². The lowest BCUT2D eigenvalue weighted by molar-refractivity contribution is -0.149. The molecule has 0 aromatic heterocycles. The van der Waals surface area contributed by atoms with E-state index in [1.807, 2.05) is 48.5 Å². The fourth-order valence-electron chi connectivity index (χ4n) is 5.66. The molecule has 2 N–H and O–H groups in total. The van der Waals surface area contributed by atoms with Crippen molar-refractivity contribution in [2.75, 3.05) is 14.2 Å². The van der Waals surface area contributed by atoms with Gasteiger partial charge in [-0.05, 0) is 33.1 Å². The van der Waals surface area contributed by atoms with Crippen LogP contribution in [0.25, 0.3) is 0 Å². The van der Waals surface area contributed by atoms with Gasteiger partial charge in [-0.1, -0.05) is 53.2 Å². The lowest BCUT2D eigenvalue weighted by atomic mass is 9.70. The van der Waals surface area contributed by atoms with E-state index >= 15 is 0 Å². The Labute approximate surface area is 206 Å². The molecule has 0 aromatic rings. The molecule has 1 heterocycles. The number of epoxide rings is 1. The third-order valence-corrected chi connectivity index (χ3v) is 7.55. The molecule has 1 saturated heterocycles. The summed E-state index contributed by atoms with van der Waals surface area (Å²) in [5.74, 6) is -1.26. The first-order valence-corrected chi connectivity index (χ1v) is 12.4. The van der Waals surface area contributed by atoms with E-state index in [2.05, 4.69) is 17.7 Å². The number of esters is 1. The number of hydrogen-bond acceptors (Lipinski definition) is 7. The van der Waals surface area contributed by atoms with E-state index in [9.17, 15) is 19.8 Å². The summed E-state index contributed by atoms with van der Waals surface area (Å²) in [6, 6.07) is 0. The number of aliphatic hydroxyl groups excluding tert-OH is 2. The summed E-state index contributed by atoms with van der Waals surface area (Å²) in [6.07, 6.45) is 0.170. The summed E-state index contributed by atoms with van der Waals surface area (Å²) in [6.45, 7) is 17.3. The molecule has 1 aliphatic heterocycles. The van der Waals surface area contributed by atoms with Gasteiger partial charge in [-0.25, -0.2) is 0 Å². The SMILES string of the molecule is COC(=O)C[C@@H](O)[C@H](C)[C@@H](OC)C(C)(C)C(=O)[C@H](C)C[C@H](C)[C@H](O)[C@]1(C)O[C@H]1[C@@H](C)C=C(C)C. The highest BCUT2D eigenvalue weighted by atomic mass is 16.6. The van der Waals surface area contributed by atoms with Crippen molar-refractivity contribution in [1.29, 1.82) is 0 Å². The molecule has 0 spiro atoms. The molecular weight excluding hydrogens is 436 g/mol. The molecule has 0 saturated carbocycles. The van der Waals surface area contributed by atoms with E-state index in [1.165, 1.54) is 19.8 Å². The van der Waals surface area contributed by atoms with Crippen LogP contribution in [0.4, 0.5) is 0 Å². The number of ether oxygens (including phenoxy) is 3. The van der Waals surface area contributed by atoms with Crippen LogP contribution in [-0.2, 0) is 23.8 Å². The minimum absolute atomic E-state index is 0.00755. The normalized spacial score (nSPS) is 26.4. The molecule has 1 fully saturated rings. The molecule has 198 valence electrons. The molecule has 0 aromatic carbocycles. The van der Waals surface area contributed by atoms with Crippen molar-refractivity contribution in [2.45, 2.75) is 105 Å². The highest BCUT2D eigenvalue weighted by molar-refractivity contribution is 5.86. The van der Waals surface area contributed by atoms with Crippen molar-refractivity contribution in [3.63, 3.8) is 0 Å². The number of rotatable bonds is 14. The van der Waals surface area contributed by atoms with Crippen molar-refractivity contribution < 1.29 is 34.0 Å². The van der Waals surface area contributed by atoms with Crippen LogP contribution < -0.4 is 0 Å². The minimum atomic E-state index is -0.993. The summed E-state index contributed by atoms with van der Waals surface area (Å²) < 4.78 is 16.3. The van der Waals surface area contributed by atoms with Gasteiger partial charge in [-0.3, -0.25) is 9.59 Å². The molecule has 0 unspecified atom stereocenters. The monoisotopic (exact) mass is 484 g/mol. The van der Waals surface area contributed by atoms with E-state index in [-0.39, 0.29) is 36.1 Å². The largest absolute Gasteiger partial charge is 0.469 e. The standard InChI is InChI=1S/C27H48O7/c1-15(2)12-18(5)24-27(9,34-24)23(31)17(4)13-16(3)22(30)26(7,8)25(33-11)19(6)20(28)14-21(29)32-10/h12,16-20,23-25,28,31H,13-14H2,1-11H3/t16-,17+,18+,19+,20-,23+,24+,25-,27+/m1/s1. The van der Waals surface area contributed by atoms with Crippen LogP contribution in [0.2, 0.25) is 0 Å². The van der Waals surface area contributed by atoms with E-state index < -0.39 is 41.2 Å². The maximum atomic E-state index is 13.5. The Balaban J connectivity index is 2.86. The Morgan fingerprint density at radius 1 is 1.12 bits per heavy atom. The lowest BCUT2D eigenvalue weighted by Gasteiger charge is -2.39. The summed E-state index contributed by atoms with van der Waals surface area (Å²) in [5.41, 5.74) is -0.312. The predicted molar refractivity (Wildman–Crippen MR) is 132 cm³/mol. The van der Waals surface area contributed by atoms with Crippen molar-refractivity contribution in [3.05, 3.63) is 11.6 Å². The van der Waals surface area contributed by atoms with Crippen molar-refractivity contribution in [2.24, 2.45) is 29.1 Å². The Morgan fingerprint density at radius 3 is 2.15 bits per heavy atom. The Bertz CT molecular complexity index is 726. The lowest BCUT2D eigenvalue weighted by Crippen LogP contribution is -2.48. The van der Waals surface area contributed by atoms with Gasteiger partial charge in [0, 0.05) is 24.9 Å². The molecule has 0 amide bonds. The maximum absolute atomic E-state index is 13.5. The van der Waals surface area contributed by atoms with Crippen LogP contribution in [0, 0.1) is 29.1 Å². The molecule has 34 heavy (non-hydrogen) atoms. The van der Waals surface area contributed by atoms with Crippen LogP contribution in [0.3, 0.4) is 0 Å². The van der Waals surface area contributed by atoms with Crippen molar-refractivity contribution >= 4 is 11.8 Å². The predicted octanol–water partition coefficient (Wildman–Crippen LogP) is 3.94. The molecular formula is C27H48O7. The topological polar surface area (TPSA) is 106 Å². The second kappa shape index (κ2) is 12.1. The van der Waals surface area contributed by atoms with Crippen molar-refractivity contribution in [1.82, 2.24) is 0 Å².